The summed E-state index contributed by atoms with van der Waals surface area (Å²) in [4.78, 5) is 3.80. The summed E-state index contributed by atoms with van der Waals surface area (Å²) in [6.07, 6.45) is 0. The van der Waals surface area contributed by atoms with Gasteiger partial charge in [0.1, 0.15) is 17.3 Å². The monoisotopic (exact) mass is 240 g/mol. The Morgan fingerprint density at radius 2 is 2.00 bits per heavy atom. The van der Waals surface area contributed by atoms with Gasteiger partial charge in [0, 0.05) is 11.6 Å². The first-order chi connectivity index (χ1) is 8.02. The zero-order valence-corrected chi connectivity index (χ0v) is 9.25. The van der Waals surface area contributed by atoms with Crippen molar-refractivity contribution in [2.24, 2.45) is 0 Å². The number of aryl methyl sites for hydroxylation is 1. The number of ether oxygens (including phenoxy) is 1. The molecule has 0 radical (unpaired) electrons. The maximum Gasteiger partial charge on any atom is 0.292 e. The molecule has 0 saturated carbocycles. The molecule has 0 fully saturated rings. The molecule has 0 bridgehead atoms. The molecule has 1 aromatic carbocycles. The predicted octanol–water partition coefficient (Wildman–Crippen LogP) is 2.52. The van der Waals surface area contributed by atoms with E-state index in [1.807, 2.05) is 0 Å². The normalized spacial score (nSPS) is 10.6. The van der Waals surface area contributed by atoms with Crippen molar-refractivity contribution in [3.63, 3.8) is 0 Å². The van der Waals surface area contributed by atoms with Crippen molar-refractivity contribution in [1.82, 2.24) is 4.98 Å². The van der Waals surface area contributed by atoms with Gasteiger partial charge in [-0.3, -0.25) is 0 Å². The Labute approximate surface area is 96.0 Å². The van der Waals surface area contributed by atoms with Crippen molar-refractivity contribution in [3.8, 4) is 17.0 Å². The number of nitrogens with two attached hydrogens (primary N) is 1. The molecular weight excluding hydrogens is 230 g/mol. The van der Waals surface area contributed by atoms with Crippen molar-refractivity contribution in [2.75, 3.05) is 12.8 Å². The van der Waals surface area contributed by atoms with Gasteiger partial charge in [-0.2, -0.15) is 4.98 Å². The van der Waals surface area contributed by atoms with Gasteiger partial charge in [-0.05, 0) is 13.0 Å². The van der Waals surface area contributed by atoms with Gasteiger partial charge in [-0.25, -0.2) is 8.78 Å². The number of hydrogen-bond donors (Lipinski definition) is 1. The van der Waals surface area contributed by atoms with E-state index < -0.39 is 11.6 Å². The summed E-state index contributed by atoms with van der Waals surface area (Å²) in [5.74, 6) is -1.17. The fourth-order valence-electron chi connectivity index (χ4n) is 1.53. The number of aromatic nitrogens is 1. The SMILES string of the molecule is COc1cc(F)c(-c2nc(N)oc2C)cc1F. The second-order valence-corrected chi connectivity index (χ2v) is 3.42. The Balaban J connectivity index is 2.60. The van der Waals surface area contributed by atoms with Crippen LogP contribution in [0.3, 0.4) is 0 Å². The number of methoxy groups -OCH3 is 1. The molecule has 90 valence electrons. The van der Waals surface area contributed by atoms with Crippen LogP contribution in [0, 0.1) is 18.6 Å². The molecule has 2 aromatic rings. The molecule has 2 rings (SSSR count). The summed E-state index contributed by atoms with van der Waals surface area (Å²) in [5.41, 5.74) is 5.51. The molecule has 6 heteroatoms. The van der Waals surface area contributed by atoms with E-state index in [9.17, 15) is 8.78 Å². The van der Waals surface area contributed by atoms with Crippen LogP contribution in [0.4, 0.5) is 14.8 Å². The van der Waals surface area contributed by atoms with Crippen LogP contribution in [0.5, 0.6) is 5.75 Å². The first kappa shape index (κ1) is 11.4. The lowest BCUT2D eigenvalue weighted by Gasteiger charge is -2.05. The summed E-state index contributed by atoms with van der Waals surface area (Å²) in [6.45, 7) is 1.57. The minimum Gasteiger partial charge on any atom is -0.494 e. The lowest BCUT2D eigenvalue weighted by Crippen LogP contribution is -1.94. The maximum absolute atomic E-state index is 13.7. The summed E-state index contributed by atoms with van der Waals surface area (Å²) < 4.78 is 36.8. The van der Waals surface area contributed by atoms with Crippen LogP contribution < -0.4 is 10.5 Å². The van der Waals surface area contributed by atoms with Crippen molar-refractivity contribution in [1.29, 1.82) is 0 Å². The summed E-state index contributed by atoms with van der Waals surface area (Å²) in [6, 6.07) is 1.86. The van der Waals surface area contributed by atoms with E-state index in [1.54, 1.807) is 6.92 Å². The number of benzene rings is 1. The van der Waals surface area contributed by atoms with Crippen LogP contribution in [0.2, 0.25) is 0 Å². The van der Waals surface area contributed by atoms with Crippen molar-refractivity contribution in [2.45, 2.75) is 6.92 Å². The molecule has 0 amide bonds. The number of halogens is 2. The molecule has 0 saturated heterocycles. The van der Waals surface area contributed by atoms with Crippen LogP contribution in [0.25, 0.3) is 11.3 Å². The fraction of sp³-hybridized carbons (Fsp3) is 0.182. The predicted molar refractivity (Wildman–Crippen MR) is 57.6 cm³/mol. The molecule has 1 aromatic heterocycles. The third kappa shape index (κ3) is 1.93. The van der Waals surface area contributed by atoms with Crippen LogP contribution in [0.15, 0.2) is 16.5 Å². The van der Waals surface area contributed by atoms with Gasteiger partial charge in [0.15, 0.2) is 11.6 Å². The molecule has 0 aliphatic heterocycles. The molecule has 2 N–H and O–H groups in total. The zero-order chi connectivity index (χ0) is 12.6. The third-order valence-corrected chi connectivity index (χ3v) is 2.31. The number of rotatable bonds is 2. The topological polar surface area (TPSA) is 61.3 Å². The van der Waals surface area contributed by atoms with Gasteiger partial charge in [-0.15, -0.1) is 0 Å². The average molecular weight is 240 g/mol. The Morgan fingerprint density at radius 3 is 2.53 bits per heavy atom. The van der Waals surface area contributed by atoms with Gasteiger partial charge < -0.3 is 14.9 Å². The van der Waals surface area contributed by atoms with Crippen LogP contribution in [-0.2, 0) is 0 Å². The molecule has 1 heterocycles. The van der Waals surface area contributed by atoms with E-state index in [-0.39, 0.29) is 23.0 Å². The molecule has 0 unspecified atom stereocenters. The van der Waals surface area contributed by atoms with E-state index in [4.69, 9.17) is 10.2 Å². The minimum atomic E-state index is -0.676. The second-order valence-electron chi connectivity index (χ2n) is 3.42. The lowest BCUT2D eigenvalue weighted by molar-refractivity contribution is 0.383. The molecule has 0 spiro atoms. The van der Waals surface area contributed by atoms with Crippen molar-refractivity contribution < 1.29 is 17.9 Å². The van der Waals surface area contributed by atoms with Crippen molar-refractivity contribution in [3.05, 3.63) is 29.5 Å². The number of nitrogen functional groups attached to an aromatic ring is 1. The van der Waals surface area contributed by atoms with Gasteiger partial charge in [-0.1, -0.05) is 0 Å². The fourth-order valence-corrected chi connectivity index (χ4v) is 1.53. The van der Waals surface area contributed by atoms with E-state index in [0.717, 1.165) is 12.1 Å². The molecule has 4 nitrogen and oxygen atoms in total. The molecule has 0 aliphatic carbocycles. The molecule has 0 atom stereocenters. The van der Waals surface area contributed by atoms with Crippen molar-refractivity contribution >= 4 is 6.01 Å². The summed E-state index contributed by atoms with van der Waals surface area (Å²) in [5, 5.41) is 0. The average Bonchev–Trinajstić information content (AvgIpc) is 2.60. The van der Waals surface area contributed by atoms with Crippen LogP contribution >= 0.6 is 0 Å². The van der Waals surface area contributed by atoms with Gasteiger partial charge in [0.2, 0.25) is 0 Å². The van der Waals surface area contributed by atoms with Gasteiger partial charge >= 0.3 is 0 Å². The molecular formula is C11H10F2N2O2. The van der Waals surface area contributed by atoms with Crippen LogP contribution in [-0.4, -0.2) is 12.1 Å². The number of anilines is 1. The van der Waals surface area contributed by atoms with E-state index >= 15 is 0 Å². The lowest BCUT2D eigenvalue weighted by atomic mass is 10.1. The molecule has 0 aliphatic rings. The smallest absolute Gasteiger partial charge is 0.292 e. The Bertz CT molecular complexity index is 567. The number of hydrogen-bond acceptors (Lipinski definition) is 4. The first-order valence-electron chi connectivity index (χ1n) is 4.79. The minimum absolute atomic E-state index is 0.0127. The summed E-state index contributed by atoms with van der Waals surface area (Å²) >= 11 is 0. The standard InChI is InChI=1S/C11H10F2N2O2/c1-5-10(15-11(14)17-5)6-3-8(13)9(16-2)4-7(6)12/h3-4H,1-2H3,(H2,14,15). The zero-order valence-electron chi connectivity index (χ0n) is 9.25. The Hall–Kier alpha value is -2.11. The van der Waals surface area contributed by atoms with E-state index in [0.29, 0.717) is 5.76 Å². The van der Waals surface area contributed by atoms with E-state index in [2.05, 4.69) is 9.72 Å². The quantitative estimate of drug-likeness (QED) is 0.876. The highest BCUT2D eigenvalue weighted by Crippen LogP contribution is 2.31. The van der Waals surface area contributed by atoms with Gasteiger partial charge in [0.05, 0.1) is 7.11 Å². The van der Waals surface area contributed by atoms with Crippen LogP contribution in [0.1, 0.15) is 5.76 Å². The van der Waals surface area contributed by atoms with E-state index in [1.165, 1.54) is 7.11 Å². The molecule has 17 heavy (non-hydrogen) atoms. The highest BCUT2D eigenvalue weighted by molar-refractivity contribution is 5.64. The number of nitrogens with zero attached hydrogens (tertiary/aromatic N) is 1. The largest absolute Gasteiger partial charge is 0.494 e. The first-order valence-corrected chi connectivity index (χ1v) is 4.79. The Kier molecular flexibility index (Phi) is 2.71. The highest BCUT2D eigenvalue weighted by Gasteiger charge is 2.17. The highest BCUT2D eigenvalue weighted by atomic mass is 19.1. The second kappa shape index (κ2) is 4.04. The van der Waals surface area contributed by atoms with Gasteiger partial charge in [0.25, 0.3) is 6.01 Å². The Morgan fingerprint density at radius 1 is 1.29 bits per heavy atom. The third-order valence-electron chi connectivity index (χ3n) is 2.31. The number of oxazole rings is 1. The summed E-state index contributed by atoms with van der Waals surface area (Å²) in [7, 11) is 1.26. The maximum atomic E-state index is 13.7.